The molecule has 2 aromatic rings. The van der Waals surface area contributed by atoms with Gasteiger partial charge in [0.1, 0.15) is 17.3 Å². The van der Waals surface area contributed by atoms with Gasteiger partial charge >= 0.3 is 5.97 Å². The normalized spacial score (nSPS) is 14.9. The molecule has 1 fully saturated rings. The standard InChI is InChI=1S/C21H29N3O3/c1-3-5-11-20(25)27-24-18-13-16-17(14-19(18)26-12-4-2)23-21(22-16)15-9-7-6-8-10-15/h3,13-15,24H,1,4-12H2,2H3,(H,22,23). The lowest BCUT2D eigenvalue weighted by atomic mass is 9.89. The number of aromatic amines is 1. The van der Waals surface area contributed by atoms with E-state index in [1.807, 2.05) is 12.1 Å². The molecule has 146 valence electrons. The summed E-state index contributed by atoms with van der Waals surface area (Å²) >= 11 is 0. The van der Waals surface area contributed by atoms with Crippen LogP contribution in [0.5, 0.6) is 5.75 Å². The number of aromatic nitrogens is 2. The summed E-state index contributed by atoms with van der Waals surface area (Å²) in [5, 5.41) is 0. The molecule has 0 saturated heterocycles. The first-order valence-corrected chi connectivity index (χ1v) is 9.94. The maximum Gasteiger partial charge on any atom is 0.332 e. The number of ether oxygens (including phenoxy) is 1. The number of rotatable bonds is 9. The van der Waals surface area contributed by atoms with Gasteiger partial charge in [-0.05, 0) is 31.7 Å². The Morgan fingerprint density at radius 3 is 2.93 bits per heavy atom. The Morgan fingerprint density at radius 2 is 2.19 bits per heavy atom. The van der Waals surface area contributed by atoms with Crippen molar-refractivity contribution in [2.24, 2.45) is 0 Å². The highest BCUT2D eigenvalue weighted by Gasteiger charge is 2.20. The summed E-state index contributed by atoms with van der Waals surface area (Å²) in [6.45, 7) is 6.25. The number of nitrogens with zero attached hydrogens (tertiary/aromatic N) is 1. The summed E-state index contributed by atoms with van der Waals surface area (Å²) in [6, 6.07) is 3.81. The van der Waals surface area contributed by atoms with E-state index in [-0.39, 0.29) is 5.97 Å². The fourth-order valence-electron chi connectivity index (χ4n) is 3.42. The lowest BCUT2D eigenvalue weighted by molar-refractivity contribution is -0.140. The van der Waals surface area contributed by atoms with E-state index in [1.165, 1.54) is 32.1 Å². The van der Waals surface area contributed by atoms with Gasteiger partial charge in [-0.3, -0.25) is 0 Å². The number of carbonyl (C=O) groups excluding carboxylic acids is 1. The molecule has 3 rings (SSSR count). The smallest absolute Gasteiger partial charge is 0.332 e. The maximum absolute atomic E-state index is 11.8. The number of fused-ring (bicyclic) bond motifs is 1. The summed E-state index contributed by atoms with van der Waals surface area (Å²) in [7, 11) is 0. The maximum atomic E-state index is 11.8. The van der Waals surface area contributed by atoms with Gasteiger partial charge in [0.05, 0.1) is 24.1 Å². The number of H-pyrrole nitrogens is 1. The van der Waals surface area contributed by atoms with Crippen molar-refractivity contribution < 1.29 is 14.4 Å². The van der Waals surface area contributed by atoms with Crippen LogP contribution in [0.1, 0.15) is 70.0 Å². The summed E-state index contributed by atoms with van der Waals surface area (Å²) in [5.74, 6) is 1.86. The van der Waals surface area contributed by atoms with Crippen molar-refractivity contribution in [2.75, 3.05) is 12.1 Å². The quantitative estimate of drug-likeness (QED) is 0.466. The molecule has 0 bridgehead atoms. The monoisotopic (exact) mass is 371 g/mol. The van der Waals surface area contributed by atoms with Crippen LogP contribution in [0.2, 0.25) is 0 Å². The van der Waals surface area contributed by atoms with Gasteiger partial charge in [-0.25, -0.2) is 15.3 Å². The second kappa shape index (κ2) is 9.44. The fourth-order valence-corrected chi connectivity index (χ4v) is 3.42. The Morgan fingerprint density at radius 1 is 1.37 bits per heavy atom. The predicted molar refractivity (Wildman–Crippen MR) is 107 cm³/mol. The Labute approximate surface area is 160 Å². The molecule has 6 heteroatoms. The molecule has 0 aliphatic heterocycles. The van der Waals surface area contributed by atoms with Crippen LogP contribution in [-0.2, 0) is 9.63 Å². The highest BCUT2D eigenvalue weighted by atomic mass is 16.7. The molecule has 27 heavy (non-hydrogen) atoms. The van der Waals surface area contributed by atoms with E-state index >= 15 is 0 Å². The molecular formula is C21H29N3O3. The molecule has 0 spiro atoms. The first-order chi connectivity index (χ1) is 13.2. The minimum absolute atomic E-state index is 0.291. The molecule has 0 radical (unpaired) electrons. The molecule has 0 atom stereocenters. The Kier molecular flexibility index (Phi) is 6.74. The first kappa shape index (κ1) is 19.3. The van der Waals surface area contributed by atoms with E-state index < -0.39 is 0 Å². The number of hydrogen-bond acceptors (Lipinski definition) is 5. The van der Waals surface area contributed by atoms with E-state index in [0.717, 1.165) is 23.3 Å². The fraction of sp³-hybridized carbons (Fsp3) is 0.524. The zero-order valence-corrected chi connectivity index (χ0v) is 16.1. The molecule has 1 aliphatic rings. The highest BCUT2D eigenvalue weighted by molar-refractivity contribution is 5.83. The largest absolute Gasteiger partial charge is 0.491 e. The topological polar surface area (TPSA) is 76.2 Å². The van der Waals surface area contributed by atoms with Crippen molar-refractivity contribution in [3.8, 4) is 5.75 Å². The molecule has 6 nitrogen and oxygen atoms in total. The van der Waals surface area contributed by atoms with Crippen molar-refractivity contribution in [3.63, 3.8) is 0 Å². The van der Waals surface area contributed by atoms with Crippen molar-refractivity contribution in [1.82, 2.24) is 9.97 Å². The van der Waals surface area contributed by atoms with Gasteiger partial charge in [0.15, 0.2) is 0 Å². The molecule has 0 unspecified atom stereocenters. The third-order valence-electron chi connectivity index (χ3n) is 4.88. The average Bonchev–Trinajstić information content (AvgIpc) is 3.12. The van der Waals surface area contributed by atoms with Gasteiger partial charge < -0.3 is 14.6 Å². The van der Waals surface area contributed by atoms with Gasteiger partial charge in [-0.2, -0.15) is 0 Å². The third-order valence-corrected chi connectivity index (χ3v) is 4.88. The van der Waals surface area contributed by atoms with Gasteiger partial charge in [0.25, 0.3) is 0 Å². The van der Waals surface area contributed by atoms with Crippen LogP contribution in [-0.4, -0.2) is 22.5 Å². The summed E-state index contributed by atoms with van der Waals surface area (Å²) in [6.07, 6.45) is 9.68. The molecule has 1 aliphatic carbocycles. The number of allylic oxidation sites excluding steroid dienone is 1. The third kappa shape index (κ3) is 5.02. The second-order valence-electron chi connectivity index (χ2n) is 7.07. The second-order valence-corrected chi connectivity index (χ2v) is 7.07. The summed E-state index contributed by atoms with van der Waals surface area (Å²) in [5.41, 5.74) is 5.18. The molecule has 1 aromatic carbocycles. The summed E-state index contributed by atoms with van der Waals surface area (Å²) in [4.78, 5) is 25.2. The van der Waals surface area contributed by atoms with Crippen LogP contribution in [0.3, 0.4) is 0 Å². The van der Waals surface area contributed by atoms with E-state index in [9.17, 15) is 4.79 Å². The number of carbonyl (C=O) groups is 1. The van der Waals surface area contributed by atoms with Crippen LogP contribution in [0.15, 0.2) is 24.8 Å². The van der Waals surface area contributed by atoms with E-state index in [4.69, 9.17) is 14.6 Å². The Bertz CT molecular complexity index is 778. The molecule has 1 saturated carbocycles. The SMILES string of the molecule is C=CCCC(=O)ONc1cc2[nH]c(C3CCCCC3)nc2cc1OCCC. The molecule has 1 aromatic heterocycles. The average molecular weight is 371 g/mol. The number of nitrogens with one attached hydrogen (secondary N) is 2. The predicted octanol–water partition coefficient (Wildman–Crippen LogP) is 5.24. The Hall–Kier alpha value is -2.50. The van der Waals surface area contributed by atoms with Crippen molar-refractivity contribution in [1.29, 1.82) is 0 Å². The highest BCUT2D eigenvalue weighted by Crippen LogP contribution is 2.35. The number of benzene rings is 1. The van der Waals surface area contributed by atoms with Crippen LogP contribution in [0.25, 0.3) is 11.0 Å². The van der Waals surface area contributed by atoms with Crippen molar-refractivity contribution in [3.05, 3.63) is 30.6 Å². The number of imidazole rings is 1. The molecule has 1 heterocycles. The zero-order valence-electron chi connectivity index (χ0n) is 16.1. The minimum Gasteiger partial charge on any atom is -0.491 e. The van der Waals surface area contributed by atoms with Crippen LogP contribution < -0.4 is 10.2 Å². The minimum atomic E-state index is -0.330. The molecule has 0 amide bonds. The zero-order chi connectivity index (χ0) is 19.1. The van der Waals surface area contributed by atoms with Gasteiger partial charge in [0, 0.05) is 12.0 Å². The van der Waals surface area contributed by atoms with Crippen LogP contribution in [0, 0.1) is 0 Å². The van der Waals surface area contributed by atoms with E-state index in [2.05, 4.69) is 24.0 Å². The van der Waals surface area contributed by atoms with Gasteiger partial charge in [-0.1, -0.05) is 32.3 Å². The Balaban J connectivity index is 1.80. The van der Waals surface area contributed by atoms with Crippen molar-refractivity contribution >= 4 is 22.7 Å². The number of anilines is 1. The lowest BCUT2D eigenvalue weighted by Crippen LogP contribution is -2.11. The van der Waals surface area contributed by atoms with E-state index in [0.29, 0.717) is 36.8 Å². The molecular weight excluding hydrogens is 342 g/mol. The van der Waals surface area contributed by atoms with Crippen LogP contribution >= 0.6 is 0 Å². The first-order valence-electron chi connectivity index (χ1n) is 9.94. The van der Waals surface area contributed by atoms with Gasteiger partial charge in [0.2, 0.25) is 0 Å². The van der Waals surface area contributed by atoms with E-state index in [1.54, 1.807) is 6.08 Å². The van der Waals surface area contributed by atoms with Crippen LogP contribution in [0.4, 0.5) is 5.69 Å². The van der Waals surface area contributed by atoms with Crippen molar-refractivity contribution in [2.45, 2.75) is 64.2 Å². The summed E-state index contributed by atoms with van der Waals surface area (Å²) < 4.78 is 5.84. The molecule has 2 N–H and O–H groups in total. The lowest BCUT2D eigenvalue weighted by Gasteiger charge is -2.18. The number of hydrogen-bond donors (Lipinski definition) is 2. The van der Waals surface area contributed by atoms with Gasteiger partial charge in [-0.15, -0.1) is 6.58 Å².